The number of amides is 1. The first kappa shape index (κ1) is 23.0. The summed E-state index contributed by atoms with van der Waals surface area (Å²) in [6.07, 6.45) is 2.57. The third-order valence-corrected chi connectivity index (χ3v) is 6.02. The maximum atomic E-state index is 12.3. The van der Waals surface area contributed by atoms with Gasteiger partial charge in [0.15, 0.2) is 11.0 Å². The van der Waals surface area contributed by atoms with Crippen LogP contribution in [-0.2, 0) is 17.8 Å². The third-order valence-electron chi connectivity index (χ3n) is 4.07. The molecular weight excluding hydrogens is 432 g/mol. The van der Waals surface area contributed by atoms with Crippen LogP contribution in [0, 0.1) is 5.92 Å². The molecule has 0 saturated heterocycles. The van der Waals surface area contributed by atoms with E-state index in [1.165, 1.54) is 23.1 Å². The van der Waals surface area contributed by atoms with Gasteiger partial charge in [-0.15, -0.1) is 27.0 Å². The molecule has 0 fully saturated rings. The molecule has 0 saturated carbocycles. The molecule has 0 atom stereocenters. The summed E-state index contributed by atoms with van der Waals surface area (Å²) in [4.78, 5) is 12.3. The van der Waals surface area contributed by atoms with Crippen molar-refractivity contribution >= 4 is 34.1 Å². The third kappa shape index (κ3) is 6.38. The number of carbonyl (C=O) groups is 1. The van der Waals surface area contributed by atoms with Gasteiger partial charge in [-0.05, 0) is 36.6 Å². The Morgan fingerprint density at radius 1 is 1.26 bits per heavy atom. The Labute approximate surface area is 190 Å². The molecule has 8 nitrogen and oxygen atoms in total. The Kier molecular flexibility index (Phi) is 8.19. The summed E-state index contributed by atoms with van der Waals surface area (Å²) in [7, 11) is 0. The fourth-order valence-corrected chi connectivity index (χ4v) is 4.04. The van der Waals surface area contributed by atoms with Gasteiger partial charge in [-0.1, -0.05) is 49.9 Å². The minimum absolute atomic E-state index is 0.162. The van der Waals surface area contributed by atoms with Gasteiger partial charge in [-0.3, -0.25) is 14.7 Å². The first-order chi connectivity index (χ1) is 15.0. The van der Waals surface area contributed by atoms with Gasteiger partial charge in [0.25, 0.3) is 0 Å². The minimum Gasteiger partial charge on any atom is -0.493 e. The second-order valence-electron chi connectivity index (χ2n) is 7.13. The zero-order chi connectivity index (χ0) is 22.2. The van der Waals surface area contributed by atoms with Crippen molar-refractivity contribution in [3.8, 4) is 17.1 Å². The second-order valence-corrected chi connectivity index (χ2v) is 9.13. The number of nitrogens with zero attached hydrogens (tertiary/aromatic N) is 5. The molecule has 31 heavy (non-hydrogen) atoms. The van der Waals surface area contributed by atoms with Gasteiger partial charge in [0.1, 0.15) is 10.8 Å². The summed E-state index contributed by atoms with van der Waals surface area (Å²) in [6.45, 7) is 11.3. The summed E-state index contributed by atoms with van der Waals surface area (Å²) in [5, 5.41) is 21.4. The van der Waals surface area contributed by atoms with Crippen LogP contribution in [0.5, 0.6) is 5.75 Å². The van der Waals surface area contributed by atoms with Crippen molar-refractivity contribution in [3.63, 3.8) is 0 Å². The molecule has 164 valence electrons. The maximum absolute atomic E-state index is 12.3. The summed E-state index contributed by atoms with van der Waals surface area (Å²) in [6, 6.07) is 7.78. The lowest BCUT2D eigenvalue weighted by atomic mass is 10.2. The van der Waals surface area contributed by atoms with Crippen LogP contribution >= 0.6 is 23.1 Å². The molecule has 1 N–H and O–H groups in total. The monoisotopic (exact) mass is 458 g/mol. The molecular formula is C21H26N6O2S2. The number of allylic oxidation sites excluding steroid dienone is 1. The molecule has 2 heterocycles. The molecule has 0 aliphatic heterocycles. The summed E-state index contributed by atoms with van der Waals surface area (Å²) >= 11 is 2.70. The molecule has 2 aromatic heterocycles. The van der Waals surface area contributed by atoms with Crippen molar-refractivity contribution < 1.29 is 9.53 Å². The van der Waals surface area contributed by atoms with Gasteiger partial charge in [0.05, 0.1) is 12.4 Å². The summed E-state index contributed by atoms with van der Waals surface area (Å²) in [5.41, 5.74) is 0.920. The molecule has 0 aliphatic rings. The van der Waals surface area contributed by atoms with Crippen molar-refractivity contribution in [2.24, 2.45) is 5.92 Å². The average Bonchev–Trinajstić information content (AvgIpc) is 3.38. The number of aromatic nitrogens is 5. The number of hydrogen-bond acceptors (Lipinski definition) is 8. The number of benzene rings is 1. The molecule has 1 amide bonds. The van der Waals surface area contributed by atoms with Crippen molar-refractivity contribution in [2.75, 3.05) is 17.7 Å². The van der Waals surface area contributed by atoms with Crippen molar-refractivity contribution in [3.05, 3.63) is 41.9 Å². The number of rotatable bonds is 11. The van der Waals surface area contributed by atoms with Gasteiger partial charge in [0.2, 0.25) is 11.0 Å². The molecule has 10 heteroatoms. The van der Waals surface area contributed by atoms with E-state index in [1.54, 1.807) is 6.08 Å². The number of aryl methyl sites for hydroxylation is 1. The predicted molar refractivity (Wildman–Crippen MR) is 125 cm³/mol. The van der Waals surface area contributed by atoms with E-state index in [-0.39, 0.29) is 11.7 Å². The van der Waals surface area contributed by atoms with Gasteiger partial charge in [0, 0.05) is 12.1 Å². The van der Waals surface area contributed by atoms with E-state index >= 15 is 0 Å². The number of anilines is 1. The molecule has 3 aromatic rings. The Morgan fingerprint density at radius 3 is 2.68 bits per heavy atom. The number of carbonyl (C=O) groups excluding carboxylic acids is 1. The van der Waals surface area contributed by atoms with Gasteiger partial charge in [-0.2, -0.15) is 0 Å². The van der Waals surface area contributed by atoms with E-state index in [1.807, 2.05) is 35.8 Å². The summed E-state index contributed by atoms with van der Waals surface area (Å²) in [5.74, 6) is 2.03. The highest BCUT2D eigenvalue weighted by molar-refractivity contribution is 7.99. The van der Waals surface area contributed by atoms with Crippen LogP contribution in [0.15, 0.2) is 42.1 Å². The normalized spacial score (nSPS) is 11.0. The SMILES string of the molecule is C=CCn1c(SCC(=O)Nc2nnc(CC)s2)nnc1-c1ccc(OCC(C)C)cc1. The second kappa shape index (κ2) is 11.1. The number of thioether (sulfide) groups is 1. The van der Waals surface area contributed by atoms with Crippen LogP contribution < -0.4 is 10.1 Å². The topological polar surface area (TPSA) is 94.8 Å². The Bertz CT molecular complexity index is 1010. The highest BCUT2D eigenvalue weighted by atomic mass is 32.2. The first-order valence-electron chi connectivity index (χ1n) is 10.0. The highest BCUT2D eigenvalue weighted by Gasteiger charge is 2.16. The van der Waals surface area contributed by atoms with Crippen LogP contribution in [0.25, 0.3) is 11.4 Å². The lowest BCUT2D eigenvalue weighted by Crippen LogP contribution is -2.14. The molecule has 0 radical (unpaired) electrons. The number of ether oxygens (including phenoxy) is 1. The molecule has 0 unspecified atom stereocenters. The fourth-order valence-electron chi connectivity index (χ4n) is 2.60. The van der Waals surface area contributed by atoms with Crippen molar-refractivity contribution in [1.29, 1.82) is 0 Å². The fraction of sp³-hybridized carbons (Fsp3) is 0.381. The van der Waals surface area contributed by atoms with Gasteiger partial charge < -0.3 is 4.74 Å². The zero-order valence-electron chi connectivity index (χ0n) is 17.9. The van der Waals surface area contributed by atoms with E-state index in [4.69, 9.17) is 4.74 Å². The van der Waals surface area contributed by atoms with Crippen molar-refractivity contribution in [2.45, 2.75) is 38.9 Å². The van der Waals surface area contributed by atoms with Crippen LogP contribution in [0.3, 0.4) is 0 Å². The van der Waals surface area contributed by atoms with E-state index in [0.717, 1.165) is 28.6 Å². The molecule has 1 aromatic carbocycles. The first-order valence-corrected chi connectivity index (χ1v) is 11.8. The number of nitrogens with one attached hydrogen (secondary N) is 1. The van der Waals surface area contributed by atoms with E-state index in [9.17, 15) is 4.79 Å². The zero-order valence-corrected chi connectivity index (χ0v) is 19.5. The van der Waals surface area contributed by atoms with Gasteiger partial charge in [-0.25, -0.2) is 0 Å². The molecule has 3 rings (SSSR count). The van der Waals surface area contributed by atoms with Crippen LogP contribution in [0.2, 0.25) is 0 Å². The van der Waals surface area contributed by atoms with E-state index in [0.29, 0.717) is 29.4 Å². The van der Waals surface area contributed by atoms with Crippen molar-refractivity contribution in [1.82, 2.24) is 25.0 Å². The van der Waals surface area contributed by atoms with E-state index < -0.39 is 0 Å². The lowest BCUT2D eigenvalue weighted by molar-refractivity contribution is -0.113. The predicted octanol–water partition coefficient (Wildman–Crippen LogP) is 4.31. The quantitative estimate of drug-likeness (QED) is 0.338. The maximum Gasteiger partial charge on any atom is 0.236 e. The standard InChI is InChI=1S/C21H26N6O2S2/c1-5-11-27-19(15-7-9-16(10-8-15)29-12-14(3)4)24-26-21(27)30-13-17(28)22-20-25-23-18(6-2)31-20/h5,7-10,14H,1,6,11-13H2,2-4H3,(H,22,25,28). The smallest absolute Gasteiger partial charge is 0.236 e. The molecule has 0 spiro atoms. The Balaban J connectivity index is 1.66. The highest BCUT2D eigenvalue weighted by Crippen LogP contribution is 2.26. The largest absolute Gasteiger partial charge is 0.493 e. The average molecular weight is 459 g/mol. The van der Waals surface area contributed by atoms with Crippen LogP contribution in [0.4, 0.5) is 5.13 Å². The van der Waals surface area contributed by atoms with E-state index in [2.05, 4.69) is 46.1 Å². The van der Waals surface area contributed by atoms with Crippen LogP contribution in [0.1, 0.15) is 25.8 Å². The Morgan fingerprint density at radius 2 is 2.03 bits per heavy atom. The van der Waals surface area contributed by atoms with Crippen LogP contribution in [-0.4, -0.2) is 43.2 Å². The number of hydrogen-bond donors (Lipinski definition) is 1. The molecule has 0 aliphatic carbocycles. The minimum atomic E-state index is -0.162. The molecule has 0 bridgehead atoms. The Hall–Kier alpha value is -2.72. The van der Waals surface area contributed by atoms with Gasteiger partial charge >= 0.3 is 0 Å². The summed E-state index contributed by atoms with van der Waals surface area (Å²) < 4.78 is 7.69. The lowest BCUT2D eigenvalue weighted by Gasteiger charge is -2.10.